The van der Waals surface area contributed by atoms with Crippen LogP contribution in [0.2, 0.25) is 0 Å². The molecule has 2 atom stereocenters. The zero-order valence-electron chi connectivity index (χ0n) is 8.53. The summed E-state index contributed by atoms with van der Waals surface area (Å²) in [7, 11) is 0. The van der Waals surface area contributed by atoms with Gasteiger partial charge in [0.05, 0.1) is 4.90 Å². The summed E-state index contributed by atoms with van der Waals surface area (Å²) < 4.78 is 41.0. The molecule has 2 unspecified atom stereocenters. The Hall–Kier alpha value is -0.330. The first-order valence-electron chi connectivity index (χ1n) is 4.54. The topological polar surface area (TPSA) is 26.3 Å². The molecule has 0 spiro atoms. The van der Waals surface area contributed by atoms with E-state index in [2.05, 4.69) is 15.9 Å². The predicted molar refractivity (Wildman–Crippen MR) is 62.3 cm³/mol. The van der Waals surface area contributed by atoms with Gasteiger partial charge in [-0.05, 0) is 19.1 Å². The third-order valence-corrected chi connectivity index (χ3v) is 3.57. The van der Waals surface area contributed by atoms with Crippen molar-refractivity contribution in [3.63, 3.8) is 0 Å². The lowest BCUT2D eigenvalue weighted by Crippen LogP contribution is -2.24. The number of halogens is 3. The van der Waals surface area contributed by atoms with Crippen LogP contribution < -0.4 is 0 Å². The Balaban J connectivity index is 2.68. The highest BCUT2D eigenvalue weighted by atomic mass is 79.9. The molecule has 1 aromatic carbocycles. The van der Waals surface area contributed by atoms with Crippen molar-refractivity contribution in [2.75, 3.05) is 5.33 Å². The van der Waals surface area contributed by atoms with Crippen molar-refractivity contribution >= 4 is 27.0 Å². The third kappa shape index (κ3) is 3.92. The minimum Gasteiger partial charge on any atom is -0.276 e. The number of benzene rings is 1. The second-order valence-electron chi connectivity index (χ2n) is 3.17. The van der Waals surface area contributed by atoms with E-state index < -0.39 is 23.6 Å². The van der Waals surface area contributed by atoms with Crippen LogP contribution >= 0.6 is 15.9 Å². The summed E-state index contributed by atoms with van der Waals surface area (Å²) in [6, 6.07) is 6.70. The van der Waals surface area contributed by atoms with Crippen molar-refractivity contribution in [3.05, 3.63) is 29.8 Å². The maximum atomic E-state index is 12.4. The Labute approximate surface area is 104 Å². The van der Waals surface area contributed by atoms with E-state index >= 15 is 0 Å². The van der Waals surface area contributed by atoms with E-state index in [1.165, 1.54) is 0 Å². The lowest BCUT2D eigenvalue weighted by atomic mass is 10.2. The fraction of sp³-hybridized carbons (Fsp3) is 0.400. The van der Waals surface area contributed by atoms with Gasteiger partial charge in [0.15, 0.2) is 11.1 Å². The van der Waals surface area contributed by atoms with Gasteiger partial charge in [-0.3, -0.25) is 4.18 Å². The molecular formula is C10H11BrF2O2S. The molecular weight excluding hydrogens is 302 g/mol. The molecule has 0 aliphatic heterocycles. The number of hydrogen-bond acceptors (Lipinski definition) is 2. The largest absolute Gasteiger partial charge is 0.276 e. The summed E-state index contributed by atoms with van der Waals surface area (Å²) in [6.07, 6.45) is -4.02. The van der Waals surface area contributed by atoms with Gasteiger partial charge in [0, 0.05) is 5.33 Å². The van der Waals surface area contributed by atoms with Crippen LogP contribution in [0.3, 0.4) is 0 Å². The average molecular weight is 313 g/mol. The average Bonchev–Trinajstić information content (AvgIpc) is 2.26. The standard InChI is InChI=1S/C10H11BrF2O2S/c1-7-2-4-8(5-3-7)16(14)15-9(6-11)10(12)13/h2-5,9-10H,6H2,1H3. The molecule has 90 valence electrons. The van der Waals surface area contributed by atoms with Crippen molar-refractivity contribution in [1.29, 1.82) is 0 Å². The first-order chi connectivity index (χ1) is 7.54. The molecule has 0 saturated heterocycles. The maximum Gasteiger partial charge on any atom is 0.266 e. The first kappa shape index (κ1) is 13.7. The Morgan fingerprint density at radius 3 is 2.38 bits per heavy atom. The predicted octanol–water partition coefficient (Wildman–Crippen LogP) is 3.06. The van der Waals surface area contributed by atoms with Crippen LogP contribution in [0.15, 0.2) is 29.2 Å². The van der Waals surface area contributed by atoms with Gasteiger partial charge in [-0.1, -0.05) is 33.6 Å². The van der Waals surface area contributed by atoms with Crippen LogP contribution in [0.25, 0.3) is 0 Å². The second-order valence-corrected chi connectivity index (χ2v) is 4.95. The van der Waals surface area contributed by atoms with E-state index in [9.17, 15) is 13.0 Å². The minimum atomic E-state index is -2.66. The van der Waals surface area contributed by atoms with Crippen LogP contribution in [-0.2, 0) is 15.3 Å². The Morgan fingerprint density at radius 2 is 1.94 bits per heavy atom. The zero-order chi connectivity index (χ0) is 12.1. The molecule has 0 fully saturated rings. The summed E-state index contributed by atoms with van der Waals surface area (Å²) in [5.41, 5.74) is 1.01. The molecule has 0 aromatic heterocycles. The lowest BCUT2D eigenvalue weighted by Gasteiger charge is -2.12. The maximum absolute atomic E-state index is 12.4. The molecule has 0 amide bonds. The highest BCUT2D eigenvalue weighted by Gasteiger charge is 2.23. The summed E-state index contributed by atoms with van der Waals surface area (Å²) in [5, 5.41) is -0.0533. The van der Waals surface area contributed by atoms with E-state index in [-0.39, 0.29) is 5.33 Å². The highest BCUT2D eigenvalue weighted by molar-refractivity contribution is 9.09. The van der Waals surface area contributed by atoms with Crippen LogP contribution in [0, 0.1) is 6.92 Å². The monoisotopic (exact) mass is 312 g/mol. The van der Waals surface area contributed by atoms with Crippen LogP contribution in [0.1, 0.15) is 5.56 Å². The van der Waals surface area contributed by atoms with Crippen molar-refractivity contribution in [2.24, 2.45) is 0 Å². The van der Waals surface area contributed by atoms with E-state index in [4.69, 9.17) is 4.18 Å². The van der Waals surface area contributed by atoms with Crippen molar-refractivity contribution in [1.82, 2.24) is 0 Å². The zero-order valence-corrected chi connectivity index (χ0v) is 10.9. The van der Waals surface area contributed by atoms with Gasteiger partial charge in [0.25, 0.3) is 6.43 Å². The van der Waals surface area contributed by atoms with Gasteiger partial charge < -0.3 is 0 Å². The molecule has 0 bridgehead atoms. The quantitative estimate of drug-likeness (QED) is 0.781. The molecule has 0 radical (unpaired) electrons. The van der Waals surface area contributed by atoms with Crippen molar-refractivity contribution in [3.8, 4) is 0 Å². The summed E-state index contributed by atoms with van der Waals surface area (Å²) in [6.45, 7) is 1.88. The fourth-order valence-electron chi connectivity index (χ4n) is 0.952. The van der Waals surface area contributed by atoms with E-state index in [0.29, 0.717) is 4.90 Å². The number of hydrogen-bond donors (Lipinski definition) is 0. The molecule has 0 heterocycles. The smallest absolute Gasteiger partial charge is 0.266 e. The normalized spacial score (nSPS) is 15.1. The lowest BCUT2D eigenvalue weighted by molar-refractivity contribution is 0.0335. The van der Waals surface area contributed by atoms with E-state index in [1.807, 2.05) is 6.92 Å². The molecule has 2 nitrogen and oxygen atoms in total. The number of rotatable bonds is 5. The molecule has 1 rings (SSSR count). The number of aryl methyl sites for hydroxylation is 1. The molecule has 0 N–H and O–H groups in total. The first-order valence-corrected chi connectivity index (χ1v) is 6.74. The molecule has 0 saturated carbocycles. The number of alkyl halides is 3. The Morgan fingerprint density at radius 1 is 1.38 bits per heavy atom. The minimum absolute atomic E-state index is 0.0533. The van der Waals surface area contributed by atoms with Crippen molar-refractivity contribution < 1.29 is 17.2 Å². The molecule has 6 heteroatoms. The van der Waals surface area contributed by atoms with Crippen LogP contribution in [0.5, 0.6) is 0 Å². The van der Waals surface area contributed by atoms with Gasteiger partial charge in [-0.15, -0.1) is 0 Å². The molecule has 0 aliphatic rings. The highest BCUT2D eigenvalue weighted by Crippen LogP contribution is 2.15. The van der Waals surface area contributed by atoms with E-state index in [1.54, 1.807) is 24.3 Å². The Bertz CT molecular complexity index is 356. The van der Waals surface area contributed by atoms with Gasteiger partial charge in [-0.25, -0.2) is 13.0 Å². The summed E-state index contributed by atoms with van der Waals surface area (Å²) in [5.74, 6) is 0. The molecule has 0 aliphatic carbocycles. The second kappa shape index (κ2) is 6.42. The molecule has 16 heavy (non-hydrogen) atoms. The SMILES string of the molecule is Cc1ccc(S(=O)OC(CBr)C(F)F)cc1. The van der Waals surface area contributed by atoms with Gasteiger partial charge in [0.1, 0.15) is 6.10 Å². The van der Waals surface area contributed by atoms with Crippen molar-refractivity contribution in [2.45, 2.75) is 24.3 Å². The summed E-state index contributed by atoms with van der Waals surface area (Å²) in [4.78, 5) is 0.386. The van der Waals surface area contributed by atoms with Crippen LogP contribution in [-0.4, -0.2) is 22.1 Å². The Kier molecular flexibility index (Phi) is 5.51. The van der Waals surface area contributed by atoms with Gasteiger partial charge >= 0.3 is 0 Å². The van der Waals surface area contributed by atoms with Crippen LogP contribution in [0.4, 0.5) is 8.78 Å². The van der Waals surface area contributed by atoms with Gasteiger partial charge in [-0.2, -0.15) is 0 Å². The summed E-state index contributed by atoms with van der Waals surface area (Å²) >= 11 is 1.04. The molecule has 1 aromatic rings. The third-order valence-electron chi connectivity index (χ3n) is 1.86. The van der Waals surface area contributed by atoms with E-state index in [0.717, 1.165) is 5.56 Å². The van der Waals surface area contributed by atoms with Gasteiger partial charge in [0.2, 0.25) is 0 Å². The fourth-order valence-corrected chi connectivity index (χ4v) is 2.39.